The van der Waals surface area contributed by atoms with E-state index in [4.69, 9.17) is 10.5 Å². The Bertz CT molecular complexity index is 554. The molecule has 0 heterocycles. The normalized spacial score (nSPS) is 22.7. The van der Waals surface area contributed by atoms with Crippen LogP contribution < -0.4 is 10.5 Å². The summed E-state index contributed by atoms with van der Waals surface area (Å²) in [6, 6.07) is 6.33. The number of hydrogen-bond donors (Lipinski definition) is 2. The second-order valence-electron chi connectivity index (χ2n) is 6.14. The van der Waals surface area contributed by atoms with E-state index in [1.165, 1.54) is 6.92 Å². The van der Waals surface area contributed by atoms with Gasteiger partial charge in [-0.1, -0.05) is 12.1 Å². The number of Topliss-reactive ketones (excluding diaryl/α,β-unsaturated/α-hetero) is 1. The van der Waals surface area contributed by atoms with Crippen LogP contribution >= 0.6 is 0 Å². The fourth-order valence-electron chi connectivity index (χ4n) is 2.52. The Morgan fingerprint density at radius 3 is 2.43 bits per heavy atom. The molecule has 2 unspecified atom stereocenters. The van der Waals surface area contributed by atoms with Crippen molar-refractivity contribution in [1.82, 2.24) is 0 Å². The average molecular weight is 322 g/mol. The lowest BCUT2D eigenvalue weighted by molar-refractivity contribution is -0.142. The second kappa shape index (κ2) is 7.55. The number of benzene rings is 1. The number of carbonyl (C=O) groups is 2. The third-order valence-electron chi connectivity index (χ3n) is 4.16. The monoisotopic (exact) mass is 322 g/mol. The molecule has 0 spiro atoms. The first kappa shape index (κ1) is 17.4. The predicted octanol–water partition coefficient (Wildman–Crippen LogP) is 2.12. The van der Waals surface area contributed by atoms with Crippen LogP contribution in [0.3, 0.4) is 0 Å². The molecule has 1 fully saturated rings. The molecule has 0 amide bonds. The zero-order chi connectivity index (χ0) is 17.0. The molecule has 1 aliphatic carbocycles. The van der Waals surface area contributed by atoms with Crippen LogP contribution in [0.25, 0.3) is 0 Å². The van der Waals surface area contributed by atoms with E-state index < -0.39 is 24.1 Å². The minimum absolute atomic E-state index is 0.0730. The fraction of sp³-hybridized carbons (Fsp3) is 0.529. The Morgan fingerprint density at radius 2 is 1.96 bits per heavy atom. The van der Waals surface area contributed by atoms with E-state index >= 15 is 0 Å². The highest BCUT2D eigenvalue weighted by molar-refractivity contribution is 5.82. The summed E-state index contributed by atoms with van der Waals surface area (Å²) >= 11 is 0. The molecule has 1 saturated carbocycles. The van der Waals surface area contributed by atoms with Gasteiger partial charge in [0.2, 0.25) is 0 Å². The third kappa shape index (κ3) is 5.03. The summed E-state index contributed by atoms with van der Waals surface area (Å²) in [4.78, 5) is 22.5. The van der Waals surface area contributed by atoms with Gasteiger partial charge in [0.1, 0.15) is 23.8 Å². The molecule has 0 bridgehead atoms. The minimum Gasteiger partial charge on any atom is -0.490 e. The number of aliphatic carboxylic acids is 1. The molecule has 1 aliphatic rings. The van der Waals surface area contributed by atoms with Crippen LogP contribution in [0.5, 0.6) is 5.75 Å². The van der Waals surface area contributed by atoms with Crippen molar-refractivity contribution in [3.8, 4) is 5.75 Å². The number of carboxylic acids is 1. The van der Waals surface area contributed by atoms with Gasteiger partial charge >= 0.3 is 5.97 Å². The molecule has 0 aromatic heterocycles. The molecule has 2 rings (SSSR count). The molecule has 5 nitrogen and oxygen atoms in total. The van der Waals surface area contributed by atoms with Crippen molar-refractivity contribution in [2.45, 2.75) is 50.9 Å². The zero-order valence-corrected chi connectivity index (χ0v) is 13.1. The third-order valence-corrected chi connectivity index (χ3v) is 4.16. The maximum Gasteiger partial charge on any atom is 0.306 e. The predicted molar refractivity (Wildman–Crippen MR) is 83.1 cm³/mol. The van der Waals surface area contributed by atoms with Gasteiger partial charge in [-0.15, -0.1) is 0 Å². The lowest BCUT2D eigenvalue weighted by Gasteiger charge is -2.30. The molecule has 0 radical (unpaired) electrons. The summed E-state index contributed by atoms with van der Waals surface area (Å²) < 4.78 is 18.3. The van der Waals surface area contributed by atoms with E-state index in [2.05, 4.69) is 0 Å². The number of ketones is 1. The van der Waals surface area contributed by atoms with E-state index in [0.717, 1.165) is 5.56 Å². The van der Waals surface area contributed by atoms with Gasteiger partial charge in [-0.2, -0.15) is 0 Å². The molecule has 1 aromatic rings. The minimum atomic E-state index is -0.967. The van der Waals surface area contributed by atoms with Crippen molar-refractivity contribution in [2.75, 3.05) is 0 Å². The standard InChI is InChI=1S/C17H22FNO4/c1-10(20)16(19)7-12(17(21)22)6-11-2-4-14(5-3-11)23-15-8-13(18)9-15/h2-5,12-13,15-16H,6-9,19H2,1H3,(H,21,22)/i18-1. The number of nitrogens with two attached hydrogens (primary N) is 1. The zero-order valence-electron chi connectivity index (χ0n) is 13.1. The number of halogens is 1. The molecule has 0 aliphatic heterocycles. The first-order chi connectivity index (χ1) is 10.8. The number of hydrogen-bond acceptors (Lipinski definition) is 4. The number of carboxylic acid groups (broad SMARTS) is 1. The maximum absolute atomic E-state index is 12.7. The second-order valence-corrected chi connectivity index (χ2v) is 6.14. The lowest BCUT2D eigenvalue weighted by Crippen LogP contribution is -2.34. The highest BCUT2D eigenvalue weighted by Crippen LogP contribution is 2.28. The van der Waals surface area contributed by atoms with E-state index in [0.29, 0.717) is 25.0 Å². The Balaban J connectivity index is 1.92. The van der Waals surface area contributed by atoms with Crippen molar-refractivity contribution < 1.29 is 23.8 Å². The van der Waals surface area contributed by atoms with E-state index in [9.17, 15) is 19.1 Å². The first-order valence-electron chi connectivity index (χ1n) is 7.73. The maximum atomic E-state index is 12.7. The van der Waals surface area contributed by atoms with Crippen LogP contribution in [-0.4, -0.2) is 35.2 Å². The molecule has 1 aromatic carbocycles. The highest BCUT2D eigenvalue weighted by Gasteiger charge is 2.30. The number of rotatable bonds is 8. The summed E-state index contributed by atoms with van der Waals surface area (Å²) in [5.74, 6) is -1.24. The fourth-order valence-corrected chi connectivity index (χ4v) is 2.52. The molecular weight excluding hydrogens is 300 g/mol. The van der Waals surface area contributed by atoms with Crippen LogP contribution in [0.15, 0.2) is 24.3 Å². The summed E-state index contributed by atoms with van der Waals surface area (Å²) in [5, 5.41) is 9.28. The van der Waals surface area contributed by atoms with E-state index in [1.54, 1.807) is 24.3 Å². The van der Waals surface area contributed by atoms with Crippen LogP contribution in [0, 0.1) is 5.92 Å². The largest absolute Gasteiger partial charge is 0.490 e. The number of ether oxygens (including phenoxy) is 1. The summed E-state index contributed by atoms with van der Waals surface area (Å²) in [7, 11) is 0. The number of alkyl halides is 1. The Kier molecular flexibility index (Phi) is 5.71. The number of carbonyl (C=O) groups excluding carboxylic acids is 1. The van der Waals surface area contributed by atoms with Crippen LogP contribution in [-0.2, 0) is 16.0 Å². The lowest BCUT2D eigenvalue weighted by atomic mass is 9.91. The molecule has 3 N–H and O–H groups in total. The van der Waals surface area contributed by atoms with Gasteiger partial charge in [-0.25, -0.2) is 4.39 Å². The van der Waals surface area contributed by atoms with Crippen molar-refractivity contribution in [2.24, 2.45) is 11.7 Å². The van der Waals surface area contributed by atoms with Gasteiger partial charge in [0.05, 0.1) is 12.0 Å². The van der Waals surface area contributed by atoms with Crippen LogP contribution in [0.4, 0.5) is 4.39 Å². The van der Waals surface area contributed by atoms with Gasteiger partial charge in [-0.05, 0) is 37.5 Å². The first-order valence-corrected chi connectivity index (χ1v) is 7.73. The Labute approximate surface area is 134 Å². The van der Waals surface area contributed by atoms with Crippen LogP contribution in [0.1, 0.15) is 31.7 Å². The SMILES string of the molecule is CC(=O)C(N)CC(Cc1ccc(OC2CC([18F])C2)cc1)C(=O)O. The van der Waals surface area contributed by atoms with Gasteiger partial charge in [0.25, 0.3) is 0 Å². The highest BCUT2D eigenvalue weighted by atomic mass is 18.2. The molecule has 6 heteroatoms. The Morgan fingerprint density at radius 1 is 1.35 bits per heavy atom. The van der Waals surface area contributed by atoms with E-state index in [-0.39, 0.29) is 18.3 Å². The van der Waals surface area contributed by atoms with Gasteiger partial charge in [-0.3, -0.25) is 9.59 Å². The molecular formula is C17H22FNO4. The van der Waals surface area contributed by atoms with E-state index in [1.807, 2.05) is 0 Å². The van der Waals surface area contributed by atoms with Crippen LogP contribution in [0.2, 0.25) is 0 Å². The summed E-state index contributed by atoms with van der Waals surface area (Å²) in [5.41, 5.74) is 6.49. The molecule has 23 heavy (non-hydrogen) atoms. The average Bonchev–Trinajstić information content (AvgIpc) is 2.46. The van der Waals surface area contributed by atoms with Crippen molar-refractivity contribution in [3.63, 3.8) is 0 Å². The summed E-state index contributed by atoms with van der Waals surface area (Å²) in [6.45, 7) is 1.36. The molecule has 0 saturated heterocycles. The quantitative estimate of drug-likeness (QED) is 0.765. The van der Waals surface area contributed by atoms with Crippen molar-refractivity contribution >= 4 is 11.8 Å². The molecule has 126 valence electrons. The van der Waals surface area contributed by atoms with Gasteiger partial charge in [0.15, 0.2) is 0 Å². The molecule has 2 atom stereocenters. The topological polar surface area (TPSA) is 89.6 Å². The van der Waals surface area contributed by atoms with Gasteiger partial charge < -0.3 is 15.6 Å². The Hall–Kier alpha value is -1.95. The van der Waals surface area contributed by atoms with Gasteiger partial charge in [0, 0.05) is 12.8 Å². The summed E-state index contributed by atoms with van der Waals surface area (Å²) in [6.07, 6.45) is 0.421. The van der Waals surface area contributed by atoms with Crippen molar-refractivity contribution in [3.05, 3.63) is 29.8 Å². The van der Waals surface area contributed by atoms with Crippen molar-refractivity contribution in [1.29, 1.82) is 0 Å². The smallest absolute Gasteiger partial charge is 0.306 e.